The molecular formula is C19H28N6O2. The van der Waals surface area contributed by atoms with E-state index in [-0.39, 0.29) is 0 Å². The zero-order chi connectivity index (χ0) is 19.1. The lowest BCUT2D eigenvalue weighted by molar-refractivity contribution is 0.0263. The molecule has 0 aliphatic carbocycles. The fourth-order valence-electron chi connectivity index (χ4n) is 3.21. The van der Waals surface area contributed by atoms with Gasteiger partial charge in [-0.05, 0) is 44.0 Å². The van der Waals surface area contributed by atoms with Gasteiger partial charge in [0.2, 0.25) is 0 Å². The minimum atomic E-state index is 0.366. The Balaban J connectivity index is 1.54. The molecule has 0 spiro atoms. The van der Waals surface area contributed by atoms with Crippen molar-refractivity contribution >= 4 is 5.96 Å². The van der Waals surface area contributed by atoms with Crippen LogP contribution in [0.1, 0.15) is 25.6 Å². The molecular weight excluding hydrogens is 344 g/mol. The van der Waals surface area contributed by atoms with Crippen LogP contribution >= 0.6 is 0 Å². The smallest absolute Gasteiger partial charge is 0.194 e. The lowest BCUT2D eigenvalue weighted by Gasteiger charge is -2.33. The molecule has 1 aromatic heterocycles. The minimum absolute atomic E-state index is 0.366. The average Bonchev–Trinajstić information content (AvgIpc) is 3.19. The first-order chi connectivity index (χ1) is 13.2. The molecule has 2 heterocycles. The average molecular weight is 372 g/mol. The van der Waals surface area contributed by atoms with E-state index in [2.05, 4.69) is 30.4 Å². The normalized spacial score (nSPS) is 15.8. The van der Waals surface area contributed by atoms with Crippen molar-refractivity contribution in [3.05, 3.63) is 30.1 Å². The first kappa shape index (κ1) is 19.2. The lowest BCUT2D eigenvalue weighted by atomic mass is 10.1. The summed E-state index contributed by atoms with van der Waals surface area (Å²) in [7, 11) is 3.46. The summed E-state index contributed by atoms with van der Waals surface area (Å²) in [6, 6.07) is 7.69. The number of nitrogens with zero attached hydrogens (tertiary/aromatic N) is 4. The van der Waals surface area contributed by atoms with Gasteiger partial charge >= 0.3 is 0 Å². The molecule has 1 aliphatic heterocycles. The molecule has 0 saturated carbocycles. The number of hydrogen-bond acceptors (Lipinski definition) is 5. The number of nitrogens with one attached hydrogen (secondary N) is 2. The number of aromatic nitrogens is 3. The van der Waals surface area contributed by atoms with Gasteiger partial charge in [0.1, 0.15) is 11.6 Å². The van der Waals surface area contributed by atoms with Crippen molar-refractivity contribution < 1.29 is 9.47 Å². The first-order valence-electron chi connectivity index (χ1n) is 9.36. The number of rotatable bonds is 6. The van der Waals surface area contributed by atoms with Gasteiger partial charge in [0.15, 0.2) is 11.8 Å². The molecule has 3 rings (SSSR count). The highest BCUT2D eigenvalue weighted by Crippen LogP contribution is 2.19. The zero-order valence-corrected chi connectivity index (χ0v) is 16.2. The predicted octanol–water partition coefficient (Wildman–Crippen LogP) is 2.06. The summed E-state index contributed by atoms with van der Waals surface area (Å²) >= 11 is 0. The molecule has 8 nitrogen and oxygen atoms in total. The number of H-pyrrole nitrogens is 1. The third-order valence-electron chi connectivity index (χ3n) is 4.65. The quantitative estimate of drug-likeness (QED) is 0.596. The molecule has 1 aromatic carbocycles. The first-order valence-corrected chi connectivity index (χ1v) is 9.36. The van der Waals surface area contributed by atoms with Crippen LogP contribution in [-0.4, -0.2) is 66.0 Å². The zero-order valence-electron chi connectivity index (χ0n) is 16.2. The summed E-state index contributed by atoms with van der Waals surface area (Å²) in [6.45, 7) is 5.25. The maximum Gasteiger partial charge on any atom is 0.194 e. The Labute approximate surface area is 160 Å². The van der Waals surface area contributed by atoms with E-state index >= 15 is 0 Å². The number of methoxy groups -OCH3 is 1. The van der Waals surface area contributed by atoms with Crippen LogP contribution in [-0.2, 0) is 11.3 Å². The van der Waals surface area contributed by atoms with Gasteiger partial charge < -0.3 is 19.7 Å². The molecule has 0 bridgehead atoms. The van der Waals surface area contributed by atoms with Crippen LogP contribution in [0.25, 0.3) is 11.4 Å². The highest BCUT2D eigenvalue weighted by Gasteiger charge is 2.21. The molecule has 0 unspecified atom stereocenters. The van der Waals surface area contributed by atoms with Crippen LogP contribution in [0.15, 0.2) is 29.3 Å². The Kier molecular flexibility index (Phi) is 6.64. The monoisotopic (exact) mass is 372 g/mol. The van der Waals surface area contributed by atoms with Crippen molar-refractivity contribution in [3.8, 4) is 17.1 Å². The van der Waals surface area contributed by atoms with Crippen molar-refractivity contribution in [2.75, 3.05) is 33.9 Å². The van der Waals surface area contributed by atoms with Gasteiger partial charge in [0, 0.05) is 32.3 Å². The van der Waals surface area contributed by atoms with Crippen molar-refractivity contribution in [3.63, 3.8) is 0 Å². The number of ether oxygens (including phenoxy) is 2. The number of guanidine groups is 1. The van der Waals surface area contributed by atoms with E-state index in [4.69, 9.17) is 9.47 Å². The molecule has 1 fully saturated rings. The van der Waals surface area contributed by atoms with Gasteiger partial charge in [-0.2, -0.15) is 5.10 Å². The standard InChI is InChI=1S/C19H28N6O2/c1-4-27-16-9-11-25(12-10-16)19(20-2)21-13-17-22-18(24-23-17)14-5-7-15(26-3)8-6-14/h5-8,16H,4,9-13H2,1-3H3,(H,20,21)(H,22,23,24). The van der Waals surface area contributed by atoms with Gasteiger partial charge in [-0.3, -0.25) is 10.1 Å². The number of piperidine rings is 1. The van der Waals surface area contributed by atoms with E-state index in [1.807, 2.05) is 31.2 Å². The molecule has 27 heavy (non-hydrogen) atoms. The predicted molar refractivity (Wildman–Crippen MR) is 105 cm³/mol. The van der Waals surface area contributed by atoms with Crippen molar-refractivity contribution in [1.29, 1.82) is 0 Å². The molecule has 1 aliphatic rings. The molecule has 2 N–H and O–H groups in total. The van der Waals surface area contributed by atoms with E-state index in [9.17, 15) is 0 Å². The second-order valence-corrected chi connectivity index (χ2v) is 6.38. The van der Waals surface area contributed by atoms with Crippen molar-refractivity contribution in [1.82, 2.24) is 25.4 Å². The molecule has 8 heteroatoms. The number of hydrogen-bond donors (Lipinski definition) is 2. The Morgan fingerprint density at radius 1 is 1.30 bits per heavy atom. The van der Waals surface area contributed by atoms with Crippen LogP contribution in [0.4, 0.5) is 0 Å². The second kappa shape index (κ2) is 9.36. The number of likely N-dealkylation sites (tertiary alicyclic amines) is 1. The van der Waals surface area contributed by atoms with E-state index < -0.39 is 0 Å². The van der Waals surface area contributed by atoms with Gasteiger partial charge in [-0.1, -0.05) is 0 Å². The van der Waals surface area contributed by atoms with Crippen LogP contribution in [0.3, 0.4) is 0 Å². The lowest BCUT2D eigenvalue weighted by Crippen LogP contribution is -2.46. The molecule has 146 valence electrons. The maximum absolute atomic E-state index is 5.72. The summed E-state index contributed by atoms with van der Waals surface area (Å²) in [4.78, 5) is 11.2. The Morgan fingerprint density at radius 3 is 2.67 bits per heavy atom. The fraction of sp³-hybridized carbons (Fsp3) is 0.526. The minimum Gasteiger partial charge on any atom is -0.497 e. The second-order valence-electron chi connectivity index (χ2n) is 6.38. The molecule has 0 amide bonds. The molecule has 0 radical (unpaired) electrons. The Bertz CT molecular complexity index is 735. The third-order valence-corrected chi connectivity index (χ3v) is 4.65. The summed E-state index contributed by atoms with van der Waals surface area (Å²) in [5.41, 5.74) is 0.945. The molecule has 2 aromatic rings. The SMILES string of the molecule is CCOC1CCN(C(=NC)NCc2nc(-c3ccc(OC)cc3)n[nH]2)CC1. The van der Waals surface area contributed by atoms with Crippen LogP contribution in [0, 0.1) is 0 Å². The maximum atomic E-state index is 5.72. The highest BCUT2D eigenvalue weighted by molar-refractivity contribution is 5.79. The van der Waals surface area contributed by atoms with Gasteiger partial charge in [-0.15, -0.1) is 0 Å². The van der Waals surface area contributed by atoms with Gasteiger partial charge in [-0.25, -0.2) is 4.98 Å². The highest BCUT2D eigenvalue weighted by atomic mass is 16.5. The van der Waals surface area contributed by atoms with Crippen LogP contribution in [0.2, 0.25) is 0 Å². The fourth-order valence-corrected chi connectivity index (χ4v) is 3.21. The van der Waals surface area contributed by atoms with E-state index in [1.54, 1.807) is 14.2 Å². The summed E-state index contributed by atoms with van der Waals surface area (Å²) in [5, 5.41) is 10.7. The van der Waals surface area contributed by atoms with Crippen molar-refractivity contribution in [2.45, 2.75) is 32.4 Å². The van der Waals surface area contributed by atoms with E-state index in [0.29, 0.717) is 18.5 Å². The Morgan fingerprint density at radius 2 is 2.04 bits per heavy atom. The molecule has 1 saturated heterocycles. The Hall–Kier alpha value is -2.61. The number of aromatic amines is 1. The summed E-state index contributed by atoms with van der Waals surface area (Å²) in [5.74, 6) is 3.13. The number of aliphatic imine (C=N–C) groups is 1. The van der Waals surface area contributed by atoms with Gasteiger partial charge in [0.05, 0.1) is 19.8 Å². The third kappa shape index (κ3) is 4.97. The van der Waals surface area contributed by atoms with E-state index in [1.165, 1.54) is 0 Å². The van der Waals surface area contributed by atoms with Gasteiger partial charge in [0.25, 0.3) is 0 Å². The van der Waals surface area contributed by atoms with Crippen LogP contribution < -0.4 is 10.1 Å². The summed E-state index contributed by atoms with van der Waals surface area (Å²) in [6.07, 6.45) is 2.42. The summed E-state index contributed by atoms with van der Waals surface area (Å²) < 4.78 is 10.9. The van der Waals surface area contributed by atoms with Crippen LogP contribution in [0.5, 0.6) is 5.75 Å². The number of benzene rings is 1. The van der Waals surface area contributed by atoms with E-state index in [0.717, 1.165) is 55.6 Å². The largest absolute Gasteiger partial charge is 0.497 e. The van der Waals surface area contributed by atoms with Crippen molar-refractivity contribution in [2.24, 2.45) is 4.99 Å². The molecule has 0 atom stereocenters. The topological polar surface area (TPSA) is 87.7 Å².